The summed E-state index contributed by atoms with van der Waals surface area (Å²) in [5.74, 6) is 0.334. The van der Waals surface area contributed by atoms with Gasteiger partial charge in [0.1, 0.15) is 5.69 Å². The Balaban J connectivity index is 1.39. The van der Waals surface area contributed by atoms with Crippen LogP contribution in [0.2, 0.25) is 0 Å². The van der Waals surface area contributed by atoms with Crippen LogP contribution in [0, 0.1) is 0 Å². The van der Waals surface area contributed by atoms with Crippen molar-refractivity contribution in [2.24, 2.45) is 0 Å². The topological polar surface area (TPSA) is 74.8 Å². The van der Waals surface area contributed by atoms with Gasteiger partial charge in [0.2, 0.25) is 0 Å². The van der Waals surface area contributed by atoms with Crippen LogP contribution in [0.5, 0.6) is 0 Å². The third kappa shape index (κ3) is 4.60. The highest BCUT2D eigenvalue weighted by atomic mass is 32.2. The van der Waals surface area contributed by atoms with Crippen molar-refractivity contribution in [3.63, 3.8) is 0 Å². The highest BCUT2D eigenvalue weighted by Crippen LogP contribution is 2.23. The van der Waals surface area contributed by atoms with Crippen LogP contribution in [-0.4, -0.2) is 15.9 Å². The molecule has 1 amide bonds. The van der Waals surface area contributed by atoms with Crippen LogP contribution in [0.25, 0.3) is 11.0 Å². The molecule has 150 valence electrons. The van der Waals surface area contributed by atoms with Gasteiger partial charge in [-0.25, -0.2) is 4.98 Å². The van der Waals surface area contributed by atoms with Crippen LogP contribution >= 0.6 is 11.8 Å². The maximum absolute atomic E-state index is 12.4. The Morgan fingerprint density at radius 1 is 1.00 bits per heavy atom. The molecule has 6 heteroatoms. The number of para-hydroxylation sites is 2. The van der Waals surface area contributed by atoms with Crippen LogP contribution in [0.1, 0.15) is 28.5 Å². The minimum absolute atomic E-state index is 0.134. The largest absolute Gasteiger partial charge is 0.322 e. The molecule has 0 aliphatic heterocycles. The first-order chi connectivity index (χ1) is 14.6. The predicted octanol–water partition coefficient (Wildman–Crippen LogP) is 5.03. The maximum Gasteiger partial charge on any atom is 0.271 e. The van der Waals surface area contributed by atoms with Gasteiger partial charge in [0, 0.05) is 21.9 Å². The molecule has 0 aliphatic rings. The van der Waals surface area contributed by atoms with Gasteiger partial charge < -0.3 is 10.3 Å². The molecule has 0 spiro atoms. The Bertz CT molecular complexity index is 1230. The normalized spacial score (nSPS) is 10.8. The third-order valence-electron chi connectivity index (χ3n) is 4.78. The number of H-pyrrole nitrogens is 1. The van der Waals surface area contributed by atoms with E-state index in [4.69, 9.17) is 0 Å². The van der Waals surface area contributed by atoms with E-state index in [9.17, 15) is 9.59 Å². The summed E-state index contributed by atoms with van der Waals surface area (Å²) in [5, 5.41) is 2.91. The molecule has 2 N–H and O–H groups in total. The number of rotatable bonds is 6. The number of aromatic amines is 1. The van der Waals surface area contributed by atoms with Crippen LogP contribution in [0.3, 0.4) is 0 Å². The van der Waals surface area contributed by atoms with Gasteiger partial charge in [-0.15, -0.1) is 11.8 Å². The molecule has 0 radical (unpaired) electrons. The van der Waals surface area contributed by atoms with E-state index in [-0.39, 0.29) is 11.5 Å². The second-order valence-electron chi connectivity index (χ2n) is 6.85. The zero-order chi connectivity index (χ0) is 20.9. The van der Waals surface area contributed by atoms with Crippen LogP contribution < -0.4 is 10.9 Å². The Labute approximate surface area is 178 Å². The number of amides is 1. The molecule has 30 heavy (non-hydrogen) atoms. The summed E-state index contributed by atoms with van der Waals surface area (Å²) >= 11 is 1.53. The summed E-state index contributed by atoms with van der Waals surface area (Å²) in [6.07, 6.45) is 0.946. The smallest absolute Gasteiger partial charge is 0.271 e. The molecule has 1 heterocycles. The summed E-state index contributed by atoms with van der Waals surface area (Å²) < 4.78 is 0. The van der Waals surface area contributed by atoms with Crippen LogP contribution in [-0.2, 0) is 12.2 Å². The van der Waals surface area contributed by atoms with Gasteiger partial charge in [-0.3, -0.25) is 9.59 Å². The molecular formula is C24H21N3O2S. The van der Waals surface area contributed by atoms with Crippen LogP contribution in [0.4, 0.5) is 5.69 Å². The van der Waals surface area contributed by atoms with E-state index in [0.717, 1.165) is 28.0 Å². The van der Waals surface area contributed by atoms with Gasteiger partial charge >= 0.3 is 0 Å². The van der Waals surface area contributed by atoms with Crippen molar-refractivity contribution >= 4 is 34.4 Å². The number of benzene rings is 3. The van der Waals surface area contributed by atoms with Crippen molar-refractivity contribution in [2.45, 2.75) is 24.0 Å². The van der Waals surface area contributed by atoms with Crippen molar-refractivity contribution < 1.29 is 4.79 Å². The molecule has 0 fully saturated rings. The van der Waals surface area contributed by atoms with Crippen molar-refractivity contribution in [3.8, 4) is 0 Å². The van der Waals surface area contributed by atoms with Gasteiger partial charge in [-0.2, -0.15) is 0 Å². The van der Waals surface area contributed by atoms with E-state index in [1.165, 1.54) is 17.3 Å². The van der Waals surface area contributed by atoms with Gasteiger partial charge in [-0.05, 0) is 60.5 Å². The number of thioether (sulfide) groups is 1. The number of aromatic nitrogens is 2. The Kier molecular flexibility index (Phi) is 5.95. The van der Waals surface area contributed by atoms with Gasteiger partial charge in [0.15, 0.2) is 0 Å². The van der Waals surface area contributed by atoms with Crippen molar-refractivity contribution in [3.05, 3.63) is 100.0 Å². The minimum Gasteiger partial charge on any atom is -0.322 e. The van der Waals surface area contributed by atoms with Gasteiger partial charge in [0.05, 0.1) is 11.0 Å². The average Bonchev–Trinajstić information content (AvgIpc) is 2.78. The summed E-state index contributed by atoms with van der Waals surface area (Å²) in [7, 11) is 0. The second-order valence-corrected chi connectivity index (χ2v) is 7.90. The van der Waals surface area contributed by atoms with Crippen molar-refractivity contribution in [1.29, 1.82) is 0 Å². The zero-order valence-electron chi connectivity index (χ0n) is 16.5. The highest BCUT2D eigenvalue weighted by molar-refractivity contribution is 7.98. The average molecular weight is 416 g/mol. The van der Waals surface area contributed by atoms with E-state index >= 15 is 0 Å². The maximum atomic E-state index is 12.4. The standard InChI is InChI=1S/C24H21N3O2S/c1-2-16-7-9-17(10-8-16)23(28)25-18-11-13-19(14-12-18)30-15-22-24(29)27-21-6-4-3-5-20(21)26-22/h3-14H,2,15H2,1H3,(H,25,28)(H,27,29). The second kappa shape index (κ2) is 8.97. The SMILES string of the molecule is CCc1ccc(C(=O)Nc2ccc(SCc3nc4ccccc4[nH]c3=O)cc2)cc1. The zero-order valence-corrected chi connectivity index (χ0v) is 17.3. The van der Waals surface area contributed by atoms with Crippen molar-refractivity contribution in [2.75, 3.05) is 5.32 Å². The lowest BCUT2D eigenvalue weighted by Crippen LogP contribution is -2.14. The molecule has 0 unspecified atom stereocenters. The fourth-order valence-corrected chi connectivity index (χ4v) is 3.87. The lowest BCUT2D eigenvalue weighted by Gasteiger charge is -2.07. The quantitative estimate of drug-likeness (QED) is 0.433. The highest BCUT2D eigenvalue weighted by Gasteiger charge is 2.08. The third-order valence-corrected chi connectivity index (χ3v) is 5.81. The summed E-state index contributed by atoms with van der Waals surface area (Å²) in [6, 6.07) is 22.7. The monoisotopic (exact) mass is 415 g/mol. The molecule has 0 saturated carbocycles. The number of anilines is 1. The summed E-state index contributed by atoms with van der Waals surface area (Å²) in [5.41, 5.74) is 4.40. The molecule has 0 saturated heterocycles. The van der Waals surface area contributed by atoms with E-state index in [1.54, 1.807) is 0 Å². The molecule has 4 rings (SSSR count). The van der Waals surface area contributed by atoms with Crippen molar-refractivity contribution in [1.82, 2.24) is 9.97 Å². The molecule has 4 aromatic rings. The molecule has 0 atom stereocenters. The Hall–Kier alpha value is -3.38. The number of hydrogen-bond acceptors (Lipinski definition) is 4. The van der Waals surface area contributed by atoms with Gasteiger partial charge in [0.25, 0.3) is 11.5 Å². The number of fused-ring (bicyclic) bond motifs is 1. The summed E-state index contributed by atoms with van der Waals surface area (Å²) in [6.45, 7) is 2.08. The minimum atomic E-state index is -0.167. The van der Waals surface area contributed by atoms with E-state index in [2.05, 4.69) is 22.2 Å². The van der Waals surface area contributed by atoms with E-state index in [0.29, 0.717) is 17.0 Å². The number of aryl methyl sites for hydroxylation is 1. The fourth-order valence-electron chi connectivity index (χ4n) is 3.05. The number of carbonyl (C=O) groups excluding carboxylic acids is 1. The molecule has 0 aliphatic carbocycles. The molecular weight excluding hydrogens is 394 g/mol. The lowest BCUT2D eigenvalue weighted by molar-refractivity contribution is 0.102. The van der Waals surface area contributed by atoms with Gasteiger partial charge in [-0.1, -0.05) is 31.2 Å². The molecule has 5 nitrogen and oxygen atoms in total. The summed E-state index contributed by atoms with van der Waals surface area (Å²) in [4.78, 5) is 33.0. The number of nitrogens with one attached hydrogen (secondary N) is 2. The van der Waals surface area contributed by atoms with E-state index < -0.39 is 0 Å². The van der Waals surface area contributed by atoms with E-state index in [1.807, 2.05) is 72.8 Å². The first kappa shape index (κ1) is 19.9. The Morgan fingerprint density at radius 3 is 2.47 bits per heavy atom. The molecule has 1 aromatic heterocycles. The molecule has 3 aromatic carbocycles. The first-order valence-electron chi connectivity index (χ1n) is 9.73. The fraction of sp³-hybridized carbons (Fsp3) is 0.125. The predicted molar refractivity (Wildman–Crippen MR) is 122 cm³/mol. The number of carbonyl (C=O) groups is 1. The lowest BCUT2D eigenvalue weighted by atomic mass is 10.1. The number of nitrogens with zero attached hydrogens (tertiary/aromatic N) is 1. The molecule has 0 bridgehead atoms. The van der Waals surface area contributed by atoms with Crippen LogP contribution in [0.15, 0.2) is 82.5 Å². The Morgan fingerprint density at radius 2 is 1.73 bits per heavy atom. The first-order valence-corrected chi connectivity index (χ1v) is 10.7. The number of hydrogen-bond donors (Lipinski definition) is 2.